The maximum atomic E-state index is 11.0. The molecule has 0 aliphatic rings. The molecule has 0 heterocycles. The summed E-state index contributed by atoms with van der Waals surface area (Å²) in [6, 6.07) is 7.70. The fourth-order valence-corrected chi connectivity index (χ4v) is 2.23. The van der Waals surface area contributed by atoms with Crippen LogP contribution in [0, 0.1) is 0 Å². The number of sulfonamides is 1. The first kappa shape index (κ1) is 19.0. The number of para-hydroxylation sites is 1. The van der Waals surface area contributed by atoms with E-state index in [2.05, 4.69) is 26.9 Å². The highest BCUT2D eigenvalue weighted by atomic mass is 32.2. The SMILES string of the molecule is C=CCOc1ccccc1CNC(=NC)NCCNS(C)(=O)=O. The minimum Gasteiger partial charge on any atom is -0.489 e. The lowest BCUT2D eigenvalue weighted by molar-refractivity contribution is 0.358. The summed E-state index contributed by atoms with van der Waals surface area (Å²) in [5, 5.41) is 6.19. The van der Waals surface area contributed by atoms with Crippen LogP contribution in [0.1, 0.15) is 5.56 Å². The van der Waals surface area contributed by atoms with Gasteiger partial charge in [-0.25, -0.2) is 13.1 Å². The van der Waals surface area contributed by atoms with E-state index in [9.17, 15) is 8.42 Å². The molecule has 0 bridgehead atoms. The normalized spacial score (nSPS) is 11.8. The molecule has 128 valence electrons. The molecule has 1 aromatic rings. The van der Waals surface area contributed by atoms with E-state index < -0.39 is 10.0 Å². The molecule has 23 heavy (non-hydrogen) atoms. The Labute approximate surface area is 137 Å². The van der Waals surface area contributed by atoms with Crippen LogP contribution < -0.4 is 20.1 Å². The third-order valence-corrected chi connectivity index (χ3v) is 3.51. The fraction of sp³-hybridized carbons (Fsp3) is 0.400. The Kier molecular flexibility index (Phi) is 8.14. The Morgan fingerprint density at radius 2 is 2.04 bits per heavy atom. The minimum absolute atomic E-state index is 0.290. The van der Waals surface area contributed by atoms with Gasteiger partial charge in [-0.05, 0) is 6.07 Å². The van der Waals surface area contributed by atoms with Crippen LogP contribution in [-0.2, 0) is 16.6 Å². The average Bonchev–Trinajstić information content (AvgIpc) is 2.52. The molecule has 0 amide bonds. The number of guanidine groups is 1. The maximum absolute atomic E-state index is 11.0. The van der Waals surface area contributed by atoms with Gasteiger partial charge in [0.25, 0.3) is 0 Å². The van der Waals surface area contributed by atoms with Gasteiger partial charge >= 0.3 is 0 Å². The van der Waals surface area contributed by atoms with Crippen molar-refractivity contribution in [1.82, 2.24) is 15.4 Å². The van der Waals surface area contributed by atoms with E-state index in [0.717, 1.165) is 17.6 Å². The van der Waals surface area contributed by atoms with Gasteiger partial charge in [-0.2, -0.15) is 0 Å². The van der Waals surface area contributed by atoms with Crippen molar-refractivity contribution in [3.8, 4) is 5.75 Å². The Balaban J connectivity index is 2.47. The van der Waals surface area contributed by atoms with Crippen LogP contribution in [0.5, 0.6) is 5.75 Å². The Hall–Kier alpha value is -2.06. The number of rotatable bonds is 9. The molecule has 0 saturated carbocycles. The zero-order chi connectivity index (χ0) is 17.1. The quantitative estimate of drug-likeness (QED) is 0.263. The number of hydrogen-bond donors (Lipinski definition) is 3. The van der Waals surface area contributed by atoms with Crippen LogP contribution in [-0.4, -0.2) is 47.4 Å². The first-order valence-electron chi connectivity index (χ1n) is 7.17. The predicted octanol–water partition coefficient (Wildman–Crippen LogP) is 0.466. The molecule has 0 fully saturated rings. The molecule has 0 aliphatic heterocycles. The van der Waals surface area contributed by atoms with Gasteiger partial charge in [0, 0.05) is 32.2 Å². The second-order valence-electron chi connectivity index (χ2n) is 4.73. The predicted molar refractivity (Wildman–Crippen MR) is 93.2 cm³/mol. The Morgan fingerprint density at radius 3 is 2.70 bits per heavy atom. The van der Waals surface area contributed by atoms with Crippen molar-refractivity contribution < 1.29 is 13.2 Å². The van der Waals surface area contributed by atoms with Crippen molar-refractivity contribution in [2.24, 2.45) is 4.99 Å². The van der Waals surface area contributed by atoms with Gasteiger partial charge in [-0.15, -0.1) is 0 Å². The maximum Gasteiger partial charge on any atom is 0.208 e. The van der Waals surface area contributed by atoms with Crippen molar-refractivity contribution in [2.45, 2.75) is 6.54 Å². The van der Waals surface area contributed by atoms with E-state index in [1.807, 2.05) is 24.3 Å². The summed E-state index contributed by atoms with van der Waals surface area (Å²) in [5.74, 6) is 1.37. The van der Waals surface area contributed by atoms with Crippen molar-refractivity contribution >= 4 is 16.0 Å². The molecule has 0 radical (unpaired) electrons. The average molecular weight is 340 g/mol. The highest BCUT2D eigenvalue weighted by Gasteiger charge is 2.04. The first-order valence-corrected chi connectivity index (χ1v) is 9.06. The van der Waals surface area contributed by atoms with Crippen LogP contribution in [0.15, 0.2) is 41.9 Å². The number of nitrogens with one attached hydrogen (secondary N) is 3. The van der Waals surface area contributed by atoms with Gasteiger partial charge in [0.1, 0.15) is 12.4 Å². The molecule has 8 heteroatoms. The number of nitrogens with zero attached hydrogens (tertiary/aromatic N) is 1. The molecule has 1 rings (SSSR count). The zero-order valence-electron chi connectivity index (χ0n) is 13.5. The molecular formula is C15H24N4O3S. The van der Waals surface area contributed by atoms with E-state index in [1.54, 1.807) is 13.1 Å². The minimum atomic E-state index is -3.17. The van der Waals surface area contributed by atoms with Crippen LogP contribution in [0.3, 0.4) is 0 Å². The molecule has 0 spiro atoms. The summed E-state index contributed by atoms with van der Waals surface area (Å²) in [6.07, 6.45) is 2.82. The van der Waals surface area contributed by atoms with Crippen LogP contribution in [0.2, 0.25) is 0 Å². The number of hydrogen-bond acceptors (Lipinski definition) is 4. The van der Waals surface area contributed by atoms with Crippen molar-refractivity contribution in [3.05, 3.63) is 42.5 Å². The number of aliphatic imine (C=N–C) groups is 1. The molecule has 1 aromatic carbocycles. The van der Waals surface area contributed by atoms with Crippen molar-refractivity contribution in [2.75, 3.05) is 33.0 Å². The van der Waals surface area contributed by atoms with Gasteiger partial charge in [0.15, 0.2) is 5.96 Å². The smallest absolute Gasteiger partial charge is 0.208 e. The molecular weight excluding hydrogens is 316 g/mol. The standard InChI is InChI=1S/C15H24N4O3S/c1-4-11-22-14-8-6-5-7-13(14)12-18-15(16-2)17-9-10-19-23(3,20)21/h4-8,19H,1,9-12H2,2-3H3,(H2,16,17,18). The van der Waals surface area contributed by atoms with Crippen LogP contribution >= 0.6 is 0 Å². The highest BCUT2D eigenvalue weighted by molar-refractivity contribution is 7.88. The second kappa shape index (κ2) is 9.86. The number of benzene rings is 1. The fourth-order valence-electron chi connectivity index (χ4n) is 1.76. The summed E-state index contributed by atoms with van der Waals surface area (Å²) in [6.45, 7) is 5.34. The van der Waals surface area contributed by atoms with E-state index >= 15 is 0 Å². The van der Waals surface area contributed by atoms with Gasteiger partial charge in [0.05, 0.1) is 6.26 Å². The summed E-state index contributed by atoms with van der Waals surface area (Å²) < 4.78 is 29.9. The van der Waals surface area contributed by atoms with Gasteiger partial charge < -0.3 is 15.4 Å². The van der Waals surface area contributed by atoms with Gasteiger partial charge in [-0.1, -0.05) is 30.9 Å². The molecule has 0 unspecified atom stereocenters. The van der Waals surface area contributed by atoms with Gasteiger partial charge in [0.2, 0.25) is 10.0 Å². The largest absolute Gasteiger partial charge is 0.489 e. The lowest BCUT2D eigenvalue weighted by Crippen LogP contribution is -2.41. The van der Waals surface area contributed by atoms with Crippen LogP contribution in [0.25, 0.3) is 0 Å². The highest BCUT2D eigenvalue weighted by Crippen LogP contribution is 2.17. The molecule has 7 nitrogen and oxygen atoms in total. The first-order chi connectivity index (χ1) is 11.0. The lowest BCUT2D eigenvalue weighted by atomic mass is 10.2. The second-order valence-corrected chi connectivity index (χ2v) is 6.56. The van der Waals surface area contributed by atoms with Crippen molar-refractivity contribution in [3.63, 3.8) is 0 Å². The zero-order valence-corrected chi connectivity index (χ0v) is 14.3. The lowest BCUT2D eigenvalue weighted by Gasteiger charge is -2.14. The summed E-state index contributed by atoms with van der Waals surface area (Å²) in [5.41, 5.74) is 0.992. The number of ether oxygens (including phenoxy) is 1. The molecule has 0 aromatic heterocycles. The third kappa shape index (κ3) is 8.22. The molecule has 3 N–H and O–H groups in total. The van der Waals surface area contributed by atoms with Gasteiger partial charge in [-0.3, -0.25) is 4.99 Å². The van der Waals surface area contributed by atoms with E-state index in [4.69, 9.17) is 4.74 Å². The van der Waals surface area contributed by atoms with E-state index in [0.29, 0.717) is 32.2 Å². The molecule has 0 atom stereocenters. The molecule has 0 saturated heterocycles. The van der Waals surface area contributed by atoms with E-state index in [-0.39, 0.29) is 0 Å². The summed E-state index contributed by atoms with van der Waals surface area (Å²) in [4.78, 5) is 4.09. The third-order valence-electron chi connectivity index (χ3n) is 2.78. The summed E-state index contributed by atoms with van der Waals surface area (Å²) in [7, 11) is -1.52. The Bertz CT molecular complexity index is 629. The Morgan fingerprint density at radius 1 is 1.30 bits per heavy atom. The van der Waals surface area contributed by atoms with Crippen LogP contribution in [0.4, 0.5) is 0 Å². The molecule has 0 aliphatic carbocycles. The summed E-state index contributed by atoms with van der Waals surface area (Å²) >= 11 is 0. The monoisotopic (exact) mass is 340 g/mol. The van der Waals surface area contributed by atoms with Crippen molar-refractivity contribution in [1.29, 1.82) is 0 Å². The van der Waals surface area contributed by atoms with E-state index in [1.165, 1.54) is 0 Å². The topological polar surface area (TPSA) is 91.8 Å².